The Morgan fingerprint density at radius 3 is 3.06 bits per heavy atom. The molecule has 3 nitrogen and oxygen atoms in total. The molecule has 0 bridgehead atoms. The summed E-state index contributed by atoms with van der Waals surface area (Å²) in [6, 6.07) is 7.99. The SMILES string of the molecule is CCCC(C)OC(=O)C1CCNc2ccccc21. The van der Waals surface area contributed by atoms with Crippen LogP contribution in [0.5, 0.6) is 0 Å². The minimum absolute atomic E-state index is 0.0181. The van der Waals surface area contributed by atoms with Crippen LogP contribution in [-0.4, -0.2) is 18.6 Å². The molecule has 1 heterocycles. The number of hydrogen-bond acceptors (Lipinski definition) is 3. The number of carbonyl (C=O) groups is 1. The molecule has 98 valence electrons. The number of hydrogen-bond donors (Lipinski definition) is 1. The molecule has 0 saturated carbocycles. The number of ether oxygens (including phenoxy) is 1. The standard InChI is InChI=1S/C15H21NO2/c1-3-6-11(2)18-15(17)13-9-10-16-14-8-5-4-7-12(13)14/h4-5,7-8,11,13,16H,3,6,9-10H2,1-2H3. The van der Waals surface area contributed by atoms with Crippen LogP contribution < -0.4 is 5.32 Å². The van der Waals surface area contributed by atoms with Crippen molar-refractivity contribution >= 4 is 11.7 Å². The molecule has 1 aliphatic heterocycles. The van der Waals surface area contributed by atoms with Crippen molar-refractivity contribution < 1.29 is 9.53 Å². The van der Waals surface area contributed by atoms with E-state index in [1.165, 1.54) is 0 Å². The molecule has 0 aromatic heterocycles. The lowest BCUT2D eigenvalue weighted by molar-refractivity contribution is -0.150. The van der Waals surface area contributed by atoms with Gasteiger partial charge in [-0.2, -0.15) is 0 Å². The maximum atomic E-state index is 12.2. The third-order valence-corrected chi connectivity index (χ3v) is 3.38. The number of esters is 1. The smallest absolute Gasteiger partial charge is 0.313 e. The first-order chi connectivity index (χ1) is 8.72. The van der Waals surface area contributed by atoms with Crippen LogP contribution in [0.2, 0.25) is 0 Å². The summed E-state index contributed by atoms with van der Waals surface area (Å²) in [6.45, 7) is 4.90. The lowest BCUT2D eigenvalue weighted by Gasteiger charge is -2.26. The van der Waals surface area contributed by atoms with Crippen LogP contribution in [0.4, 0.5) is 5.69 Å². The van der Waals surface area contributed by atoms with Gasteiger partial charge in [0.1, 0.15) is 0 Å². The van der Waals surface area contributed by atoms with E-state index < -0.39 is 0 Å². The second-order valence-electron chi connectivity index (χ2n) is 4.89. The van der Waals surface area contributed by atoms with Crippen molar-refractivity contribution in [3.05, 3.63) is 29.8 Å². The first-order valence-electron chi connectivity index (χ1n) is 6.75. The summed E-state index contributed by atoms with van der Waals surface area (Å²) in [4.78, 5) is 12.2. The topological polar surface area (TPSA) is 38.3 Å². The summed E-state index contributed by atoms with van der Waals surface area (Å²) in [6.07, 6.45) is 2.80. The van der Waals surface area contributed by atoms with E-state index in [2.05, 4.69) is 12.2 Å². The monoisotopic (exact) mass is 247 g/mol. The molecule has 18 heavy (non-hydrogen) atoms. The number of fused-ring (bicyclic) bond motifs is 1. The van der Waals surface area contributed by atoms with Gasteiger partial charge in [-0.3, -0.25) is 4.79 Å². The maximum Gasteiger partial charge on any atom is 0.313 e. The molecule has 2 rings (SSSR count). The molecule has 2 atom stereocenters. The average molecular weight is 247 g/mol. The Balaban J connectivity index is 2.08. The summed E-state index contributed by atoms with van der Waals surface area (Å²) < 4.78 is 5.52. The summed E-state index contributed by atoms with van der Waals surface area (Å²) >= 11 is 0. The summed E-state index contributed by atoms with van der Waals surface area (Å²) in [5, 5.41) is 3.32. The van der Waals surface area contributed by atoms with Gasteiger partial charge in [-0.1, -0.05) is 31.5 Å². The van der Waals surface area contributed by atoms with Gasteiger partial charge in [-0.05, 0) is 31.4 Å². The molecule has 2 unspecified atom stereocenters. The molecule has 1 aromatic rings. The van der Waals surface area contributed by atoms with E-state index in [-0.39, 0.29) is 18.0 Å². The number of rotatable bonds is 4. The van der Waals surface area contributed by atoms with Crippen molar-refractivity contribution in [2.45, 2.75) is 45.1 Å². The van der Waals surface area contributed by atoms with E-state index in [9.17, 15) is 4.79 Å². The maximum absolute atomic E-state index is 12.2. The highest BCUT2D eigenvalue weighted by Gasteiger charge is 2.28. The fourth-order valence-corrected chi connectivity index (χ4v) is 2.46. The van der Waals surface area contributed by atoms with E-state index >= 15 is 0 Å². The number of carbonyl (C=O) groups excluding carboxylic acids is 1. The number of nitrogens with one attached hydrogen (secondary N) is 1. The van der Waals surface area contributed by atoms with Gasteiger partial charge in [0.15, 0.2) is 0 Å². The third-order valence-electron chi connectivity index (χ3n) is 3.38. The van der Waals surface area contributed by atoms with E-state index in [0.29, 0.717) is 0 Å². The fraction of sp³-hybridized carbons (Fsp3) is 0.533. The summed E-state index contributed by atoms with van der Waals surface area (Å²) in [7, 11) is 0. The zero-order chi connectivity index (χ0) is 13.0. The Kier molecular flexibility index (Phi) is 4.24. The molecule has 0 amide bonds. The van der Waals surface area contributed by atoms with Crippen LogP contribution in [-0.2, 0) is 9.53 Å². The molecule has 0 saturated heterocycles. The second-order valence-corrected chi connectivity index (χ2v) is 4.89. The van der Waals surface area contributed by atoms with Gasteiger partial charge >= 0.3 is 5.97 Å². The average Bonchev–Trinajstić information content (AvgIpc) is 2.38. The highest BCUT2D eigenvalue weighted by molar-refractivity contribution is 5.81. The molecular formula is C15H21NO2. The lowest BCUT2D eigenvalue weighted by atomic mass is 9.91. The highest BCUT2D eigenvalue weighted by atomic mass is 16.5. The van der Waals surface area contributed by atoms with Crippen molar-refractivity contribution in [1.29, 1.82) is 0 Å². The lowest BCUT2D eigenvalue weighted by Crippen LogP contribution is -2.27. The van der Waals surface area contributed by atoms with Gasteiger partial charge in [-0.15, -0.1) is 0 Å². The molecular weight excluding hydrogens is 226 g/mol. The van der Waals surface area contributed by atoms with E-state index in [1.807, 2.05) is 31.2 Å². The Labute approximate surface area is 109 Å². The van der Waals surface area contributed by atoms with Crippen molar-refractivity contribution in [1.82, 2.24) is 0 Å². The largest absolute Gasteiger partial charge is 0.462 e. The highest BCUT2D eigenvalue weighted by Crippen LogP contribution is 2.32. The Morgan fingerprint density at radius 2 is 2.28 bits per heavy atom. The van der Waals surface area contributed by atoms with Crippen molar-refractivity contribution in [2.24, 2.45) is 0 Å². The number of benzene rings is 1. The van der Waals surface area contributed by atoms with Crippen LogP contribution >= 0.6 is 0 Å². The van der Waals surface area contributed by atoms with Crippen LogP contribution in [0.3, 0.4) is 0 Å². The van der Waals surface area contributed by atoms with Crippen LogP contribution in [0.25, 0.3) is 0 Å². The fourth-order valence-electron chi connectivity index (χ4n) is 2.46. The van der Waals surface area contributed by atoms with Gasteiger partial charge < -0.3 is 10.1 Å². The molecule has 0 radical (unpaired) electrons. The van der Waals surface area contributed by atoms with Crippen LogP contribution in [0, 0.1) is 0 Å². The van der Waals surface area contributed by atoms with Crippen molar-refractivity contribution in [3.8, 4) is 0 Å². The van der Waals surface area contributed by atoms with Crippen molar-refractivity contribution in [2.75, 3.05) is 11.9 Å². The minimum Gasteiger partial charge on any atom is -0.462 e. The minimum atomic E-state index is -0.109. The first-order valence-corrected chi connectivity index (χ1v) is 6.75. The predicted octanol–water partition coefficient (Wildman–Crippen LogP) is 3.32. The molecule has 1 aliphatic rings. The van der Waals surface area contributed by atoms with Gasteiger partial charge in [0.2, 0.25) is 0 Å². The van der Waals surface area contributed by atoms with Gasteiger partial charge in [0.25, 0.3) is 0 Å². The van der Waals surface area contributed by atoms with E-state index in [4.69, 9.17) is 4.74 Å². The molecule has 3 heteroatoms. The molecule has 1 aromatic carbocycles. The van der Waals surface area contributed by atoms with Crippen LogP contribution in [0.1, 0.15) is 44.6 Å². The van der Waals surface area contributed by atoms with E-state index in [1.54, 1.807) is 0 Å². The molecule has 1 N–H and O–H groups in total. The number of para-hydroxylation sites is 1. The van der Waals surface area contributed by atoms with Gasteiger partial charge in [0, 0.05) is 12.2 Å². The Morgan fingerprint density at radius 1 is 1.50 bits per heavy atom. The summed E-state index contributed by atoms with van der Waals surface area (Å²) in [5.74, 6) is -0.188. The number of anilines is 1. The summed E-state index contributed by atoms with van der Waals surface area (Å²) in [5.41, 5.74) is 2.13. The van der Waals surface area contributed by atoms with Crippen LogP contribution in [0.15, 0.2) is 24.3 Å². The van der Waals surface area contributed by atoms with Gasteiger partial charge in [0.05, 0.1) is 12.0 Å². The zero-order valence-corrected chi connectivity index (χ0v) is 11.1. The quantitative estimate of drug-likeness (QED) is 0.829. The van der Waals surface area contributed by atoms with Gasteiger partial charge in [-0.25, -0.2) is 0 Å². The predicted molar refractivity (Wildman–Crippen MR) is 72.8 cm³/mol. The normalized spacial score (nSPS) is 19.6. The molecule has 0 spiro atoms. The Bertz CT molecular complexity index is 417. The molecule has 0 aliphatic carbocycles. The van der Waals surface area contributed by atoms with E-state index in [0.717, 1.165) is 37.1 Å². The second kappa shape index (κ2) is 5.89. The molecule has 0 fully saturated rings. The Hall–Kier alpha value is -1.51. The zero-order valence-electron chi connectivity index (χ0n) is 11.1. The first kappa shape index (κ1) is 12.9. The van der Waals surface area contributed by atoms with Crippen molar-refractivity contribution in [3.63, 3.8) is 0 Å². The third kappa shape index (κ3) is 2.84.